The molecule has 0 heterocycles. The largest absolute Gasteiger partial charge is 0.343 e. The second kappa shape index (κ2) is 12.5. The normalized spacial score (nSPS) is 15.9. The number of carbonyl (C=O) groups excluding carboxylic acids is 1. The smallest absolute Gasteiger partial charge is 0.219 e. The van der Waals surface area contributed by atoms with Gasteiger partial charge in [-0.2, -0.15) is 0 Å². The second-order valence-corrected chi connectivity index (χ2v) is 3.78. The van der Waals surface area contributed by atoms with Crippen LogP contribution in [-0.2, 0) is 4.79 Å². The molecule has 1 rings (SSSR count). The average molecular weight is 229 g/mol. The monoisotopic (exact) mass is 229 g/mol. The van der Waals surface area contributed by atoms with Crippen LogP contribution in [0.15, 0.2) is 0 Å². The summed E-state index contributed by atoms with van der Waals surface area (Å²) in [5, 5.41) is 0. The van der Waals surface area contributed by atoms with E-state index in [1.165, 1.54) is 38.5 Å². The van der Waals surface area contributed by atoms with Crippen LogP contribution >= 0.6 is 0 Å². The summed E-state index contributed by atoms with van der Waals surface area (Å²) in [4.78, 5) is 13.0. The van der Waals surface area contributed by atoms with E-state index in [0.717, 1.165) is 0 Å². The molecule has 1 aliphatic carbocycles. The number of hydrogen-bond donors (Lipinski definition) is 0. The van der Waals surface area contributed by atoms with Crippen molar-refractivity contribution >= 4 is 5.91 Å². The Morgan fingerprint density at radius 2 is 1.31 bits per heavy atom. The third-order valence-corrected chi connectivity index (χ3v) is 2.87. The summed E-state index contributed by atoms with van der Waals surface area (Å²) in [5.41, 5.74) is 0. The maximum absolute atomic E-state index is 11.1. The Hall–Kier alpha value is -0.530. The summed E-state index contributed by atoms with van der Waals surface area (Å²) in [6, 6.07) is 0.519. The van der Waals surface area contributed by atoms with E-state index in [4.69, 9.17) is 0 Å². The van der Waals surface area contributed by atoms with E-state index < -0.39 is 0 Å². The van der Waals surface area contributed by atoms with Crippen molar-refractivity contribution in [2.24, 2.45) is 0 Å². The zero-order valence-corrected chi connectivity index (χ0v) is 12.2. The Kier molecular flexibility index (Phi) is 14.0. The minimum absolute atomic E-state index is 0.210. The molecule has 0 radical (unpaired) electrons. The maximum Gasteiger partial charge on any atom is 0.219 e. The molecule has 0 unspecified atom stereocenters. The highest BCUT2D eigenvalue weighted by molar-refractivity contribution is 5.73. The van der Waals surface area contributed by atoms with E-state index in [2.05, 4.69) is 0 Å². The Balaban J connectivity index is 0. The molecule has 0 atom stereocenters. The van der Waals surface area contributed by atoms with Gasteiger partial charge in [-0.25, -0.2) is 0 Å². The molecule has 0 N–H and O–H groups in total. The van der Waals surface area contributed by atoms with Crippen molar-refractivity contribution in [1.29, 1.82) is 0 Å². The van der Waals surface area contributed by atoms with Gasteiger partial charge in [0.1, 0.15) is 0 Å². The zero-order chi connectivity index (χ0) is 13.0. The minimum atomic E-state index is 0.210. The van der Waals surface area contributed by atoms with Crippen molar-refractivity contribution in [2.75, 3.05) is 7.05 Å². The molecule has 0 aromatic rings. The fraction of sp³-hybridized carbons (Fsp3) is 0.929. The van der Waals surface area contributed by atoms with Crippen molar-refractivity contribution < 1.29 is 4.79 Å². The SMILES string of the molecule is CC.CC.CC(=O)N(C)C1CCCCCC1. The summed E-state index contributed by atoms with van der Waals surface area (Å²) < 4.78 is 0. The van der Waals surface area contributed by atoms with Crippen LogP contribution in [0, 0.1) is 0 Å². The zero-order valence-electron chi connectivity index (χ0n) is 12.2. The van der Waals surface area contributed by atoms with Gasteiger partial charge < -0.3 is 4.90 Å². The van der Waals surface area contributed by atoms with Crippen LogP contribution in [0.1, 0.15) is 73.1 Å². The molecule has 0 aromatic heterocycles. The van der Waals surface area contributed by atoms with Crippen LogP contribution < -0.4 is 0 Å². The van der Waals surface area contributed by atoms with Gasteiger partial charge in [0.25, 0.3) is 0 Å². The summed E-state index contributed by atoms with van der Waals surface area (Å²) >= 11 is 0. The molecular weight excluding hydrogens is 198 g/mol. The Morgan fingerprint density at radius 1 is 0.938 bits per heavy atom. The molecule has 0 bridgehead atoms. The van der Waals surface area contributed by atoms with E-state index in [-0.39, 0.29) is 5.91 Å². The molecule has 0 aromatic carbocycles. The third kappa shape index (κ3) is 7.72. The number of rotatable bonds is 1. The summed E-state index contributed by atoms with van der Waals surface area (Å²) in [6.45, 7) is 9.66. The van der Waals surface area contributed by atoms with Gasteiger partial charge in [0, 0.05) is 20.0 Å². The van der Waals surface area contributed by atoms with Gasteiger partial charge in [0.05, 0.1) is 0 Å². The van der Waals surface area contributed by atoms with Gasteiger partial charge >= 0.3 is 0 Å². The van der Waals surface area contributed by atoms with Crippen LogP contribution in [0.25, 0.3) is 0 Å². The Bertz CT molecular complexity index is 149. The first-order chi connectivity index (χ1) is 7.72. The van der Waals surface area contributed by atoms with Gasteiger partial charge in [0.2, 0.25) is 5.91 Å². The molecular formula is C14H31NO. The van der Waals surface area contributed by atoms with E-state index in [1.54, 1.807) is 6.92 Å². The van der Waals surface area contributed by atoms with Crippen LogP contribution in [0.4, 0.5) is 0 Å². The second-order valence-electron chi connectivity index (χ2n) is 3.78. The first-order valence-electron chi connectivity index (χ1n) is 6.95. The lowest BCUT2D eigenvalue weighted by Crippen LogP contribution is -2.34. The van der Waals surface area contributed by atoms with Crippen molar-refractivity contribution in [3.8, 4) is 0 Å². The predicted molar refractivity (Wildman–Crippen MR) is 72.6 cm³/mol. The van der Waals surface area contributed by atoms with Gasteiger partial charge in [-0.1, -0.05) is 53.4 Å². The molecule has 1 saturated carbocycles. The molecule has 2 nitrogen and oxygen atoms in total. The Labute approximate surface area is 102 Å². The molecule has 98 valence electrons. The lowest BCUT2D eigenvalue weighted by molar-refractivity contribution is -0.129. The first-order valence-corrected chi connectivity index (χ1v) is 6.95. The summed E-state index contributed by atoms with van der Waals surface area (Å²) in [5.74, 6) is 0.210. The molecule has 2 heteroatoms. The average Bonchev–Trinajstić information content (AvgIpc) is 2.61. The van der Waals surface area contributed by atoms with Crippen LogP contribution in [0.5, 0.6) is 0 Å². The van der Waals surface area contributed by atoms with Crippen molar-refractivity contribution in [2.45, 2.75) is 79.2 Å². The summed E-state index contributed by atoms with van der Waals surface area (Å²) in [6.07, 6.45) is 7.70. The van der Waals surface area contributed by atoms with E-state index >= 15 is 0 Å². The quantitative estimate of drug-likeness (QED) is 0.616. The predicted octanol–water partition coefficient (Wildman–Crippen LogP) is 4.24. The van der Waals surface area contributed by atoms with Crippen LogP contribution in [-0.4, -0.2) is 23.9 Å². The first kappa shape index (κ1) is 17.9. The molecule has 1 aliphatic rings. The van der Waals surface area contributed by atoms with E-state index in [1.807, 2.05) is 39.6 Å². The molecule has 0 saturated heterocycles. The summed E-state index contributed by atoms with van der Waals surface area (Å²) in [7, 11) is 1.93. The third-order valence-electron chi connectivity index (χ3n) is 2.87. The highest BCUT2D eigenvalue weighted by Gasteiger charge is 2.17. The molecule has 0 aliphatic heterocycles. The van der Waals surface area contributed by atoms with Crippen molar-refractivity contribution in [3.63, 3.8) is 0 Å². The lowest BCUT2D eigenvalue weighted by atomic mass is 10.1. The molecule has 1 fully saturated rings. The van der Waals surface area contributed by atoms with Gasteiger partial charge in [-0.05, 0) is 12.8 Å². The molecule has 16 heavy (non-hydrogen) atoms. The van der Waals surface area contributed by atoms with Crippen LogP contribution in [0.2, 0.25) is 0 Å². The van der Waals surface area contributed by atoms with Gasteiger partial charge in [0.15, 0.2) is 0 Å². The highest BCUT2D eigenvalue weighted by Crippen LogP contribution is 2.20. The Morgan fingerprint density at radius 3 is 1.62 bits per heavy atom. The van der Waals surface area contributed by atoms with Gasteiger partial charge in [-0.3, -0.25) is 4.79 Å². The molecule has 0 spiro atoms. The number of nitrogens with zero attached hydrogens (tertiary/aromatic N) is 1. The van der Waals surface area contributed by atoms with Crippen molar-refractivity contribution in [1.82, 2.24) is 4.90 Å². The van der Waals surface area contributed by atoms with E-state index in [0.29, 0.717) is 6.04 Å². The number of amides is 1. The lowest BCUT2D eigenvalue weighted by Gasteiger charge is -2.25. The fourth-order valence-corrected chi connectivity index (χ4v) is 1.90. The number of hydrogen-bond acceptors (Lipinski definition) is 1. The minimum Gasteiger partial charge on any atom is -0.343 e. The maximum atomic E-state index is 11.1. The van der Waals surface area contributed by atoms with E-state index in [9.17, 15) is 4.79 Å². The highest BCUT2D eigenvalue weighted by atomic mass is 16.2. The van der Waals surface area contributed by atoms with Gasteiger partial charge in [-0.15, -0.1) is 0 Å². The van der Waals surface area contributed by atoms with Crippen LogP contribution in [0.3, 0.4) is 0 Å². The standard InChI is InChI=1S/C10H19NO.2C2H6/c1-9(12)11(2)10-7-5-3-4-6-8-10;2*1-2/h10H,3-8H2,1-2H3;2*1-2H3. The number of carbonyl (C=O) groups is 1. The fourth-order valence-electron chi connectivity index (χ4n) is 1.90. The molecule has 1 amide bonds. The topological polar surface area (TPSA) is 20.3 Å². The van der Waals surface area contributed by atoms with Crippen molar-refractivity contribution in [3.05, 3.63) is 0 Å².